The number of hydrogen-bond donors (Lipinski definition) is 2. The normalized spacial score (nSPS) is 11.4. The van der Waals surface area contributed by atoms with Crippen LogP contribution >= 0.6 is 11.3 Å². The molecule has 9 nitrogen and oxygen atoms in total. The predicted molar refractivity (Wildman–Crippen MR) is 113 cm³/mol. The van der Waals surface area contributed by atoms with Crippen molar-refractivity contribution in [1.29, 1.82) is 0 Å². The quantitative estimate of drug-likeness (QED) is 0.538. The molecule has 0 unspecified atom stereocenters. The standard InChI is InChI=1S/C19H20N4O5S2/c1-23(12-18(25)20-11-13-3-5-14(28-2)6-4-13)30(26,27)19-10-8-16(29-19)15-7-9-17(24)22-21-15/h3-10H,11-12H2,1-2H3,(H,20,25)(H,22,24). The zero-order valence-electron chi connectivity index (χ0n) is 16.3. The number of rotatable bonds is 8. The monoisotopic (exact) mass is 448 g/mol. The van der Waals surface area contributed by atoms with Gasteiger partial charge in [0, 0.05) is 19.7 Å². The van der Waals surface area contributed by atoms with Crippen molar-refractivity contribution in [3.05, 3.63) is 64.4 Å². The van der Waals surface area contributed by atoms with Crippen molar-refractivity contribution in [3.8, 4) is 16.3 Å². The number of hydrogen-bond acceptors (Lipinski definition) is 7. The molecule has 0 saturated carbocycles. The smallest absolute Gasteiger partial charge is 0.264 e. The van der Waals surface area contributed by atoms with Crippen molar-refractivity contribution in [2.24, 2.45) is 0 Å². The summed E-state index contributed by atoms with van der Waals surface area (Å²) in [7, 11) is -0.929. The molecule has 2 aromatic heterocycles. The van der Waals surface area contributed by atoms with Crippen LogP contribution in [0.3, 0.4) is 0 Å². The van der Waals surface area contributed by atoms with Gasteiger partial charge in [-0.25, -0.2) is 13.5 Å². The summed E-state index contributed by atoms with van der Waals surface area (Å²) in [6, 6.07) is 13.1. The summed E-state index contributed by atoms with van der Waals surface area (Å²) in [4.78, 5) is 23.9. The van der Waals surface area contributed by atoms with E-state index in [1.807, 2.05) is 12.1 Å². The van der Waals surface area contributed by atoms with E-state index in [2.05, 4.69) is 15.5 Å². The highest BCUT2D eigenvalue weighted by Gasteiger charge is 2.25. The van der Waals surface area contributed by atoms with Gasteiger partial charge < -0.3 is 10.1 Å². The highest BCUT2D eigenvalue weighted by Crippen LogP contribution is 2.30. The minimum Gasteiger partial charge on any atom is -0.497 e. The number of benzene rings is 1. The van der Waals surface area contributed by atoms with Crippen LogP contribution in [-0.4, -0.2) is 49.5 Å². The number of nitrogens with zero attached hydrogens (tertiary/aromatic N) is 2. The van der Waals surface area contributed by atoms with Crippen molar-refractivity contribution in [3.63, 3.8) is 0 Å². The Morgan fingerprint density at radius 2 is 1.90 bits per heavy atom. The molecule has 3 aromatic rings. The average molecular weight is 449 g/mol. The topological polar surface area (TPSA) is 121 Å². The van der Waals surface area contributed by atoms with Crippen LogP contribution in [0, 0.1) is 0 Å². The summed E-state index contributed by atoms with van der Waals surface area (Å²) in [5, 5.41) is 8.91. The Morgan fingerprint density at radius 1 is 1.17 bits per heavy atom. The highest BCUT2D eigenvalue weighted by molar-refractivity contribution is 7.91. The molecule has 1 amide bonds. The average Bonchev–Trinajstić information content (AvgIpc) is 3.24. The lowest BCUT2D eigenvalue weighted by atomic mass is 10.2. The predicted octanol–water partition coefficient (Wildman–Crippen LogP) is 1.44. The van der Waals surface area contributed by atoms with Gasteiger partial charge in [0.25, 0.3) is 15.6 Å². The minimum atomic E-state index is -3.85. The summed E-state index contributed by atoms with van der Waals surface area (Å²) < 4.78 is 31.7. The Kier molecular flexibility index (Phi) is 6.65. The SMILES string of the molecule is COc1ccc(CNC(=O)CN(C)S(=O)(=O)c2ccc(-c3ccc(=O)[nH]n3)s2)cc1. The van der Waals surface area contributed by atoms with Crippen molar-refractivity contribution in [2.75, 3.05) is 20.7 Å². The number of aromatic amines is 1. The summed E-state index contributed by atoms with van der Waals surface area (Å²) in [5.74, 6) is 0.291. The van der Waals surface area contributed by atoms with E-state index in [1.54, 1.807) is 25.3 Å². The number of carbonyl (C=O) groups excluding carboxylic acids is 1. The fourth-order valence-corrected chi connectivity index (χ4v) is 5.13. The zero-order valence-corrected chi connectivity index (χ0v) is 17.9. The number of ether oxygens (including phenoxy) is 1. The number of likely N-dealkylation sites (N-methyl/N-ethyl adjacent to an activating group) is 1. The largest absolute Gasteiger partial charge is 0.497 e. The molecule has 0 saturated heterocycles. The van der Waals surface area contributed by atoms with Crippen molar-refractivity contribution in [1.82, 2.24) is 19.8 Å². The molecule has 2 N–H and O–H groups in total. The molecule has 30 heavy (non-hydrogen) atoms. The molecule has 0 radical (unpaired) electrons. The second-order valence-corrected chi connectivity index (χ2v) is 9.67. The van der Waals surface area contributed by atoms with E-state index in [0.29, 0.717) is 16.3 Å². The van der Waals surface area contributed by atoms with Gasteiger partial charge >= 0.3 is 0 Å². The second kappa shape index (κ2) is 9.20. The minimum absolute atomic E-state index is 0.0796. The molecule has 158 valence electrons. The first-order chi connectivity index (χ1) is 14.3. The maximum absolute atomic E-state index is 12.8. The molecule has 0 spiro atoms. The van der Waals surface area contributed by atoms with Crippen LogP contribution in [0.25, 0.3) is 10.6 Å². The van der Waals surface area contributed by atoms with Crippen LogP contribution < -0.4 is 15.6 Å². The number of carbonyl (C=O) groups is 1. The van der Waals surface area contributed by atoms with Gasteiger partial charge in [0.2, 0.25) is 5.91 Å². The number of H-pyrrole nitrogens is 1. The van der Waals surface area contributed by atoms with Crippen LogP contribution in [0.1, 0.15) is 5.56 Å². The van der Waals surface area contributed by atoms with Crippen molar-refractivity contribution in [2.45, 2.75) is 10.8 Å². The zero-order chi connectivity index (χ0) is 21.7. The molecule has 11 heteroatoms. The lowest BCUT2D eigenvalue weighted by Crippen LogP contribution is -2.37. The lowest BCUT2D eigenvalue weighted by molar-refractivity contribution is -0.121. The van der Waals surface area contributed by atoms with Crippen molar-refractivity contribution < 1.29 is 17.9 Å². The number of nitrogens with one attached hydrogen (secondary N) is 2. The maximum Gasteiger partial charge on any atom is 0.264 e. The third-order valence-corrected chi connectivity index (χ3v) is 7.57. The van der Waals surface area contributed by atoms with Crippen LogP contribution in [0.2, 0.25) is 0 Å². The van der Waals surface area contributed by atoms with E-state index < -0.39 is 15.9 Å². The molecule has 0 aliphatic heterocycles. The van der Waals surface area contributed by atoms with Gasteiger partial charge in [0.1, 0.15) is 15.7 Å². The second-order valence-electron chi connectivity index (χ2n) is 6.31. The van der Waals surface area contributed by atoms with E-state index in [4.69, 9.17) is 4.74 Å². The molecule has 0 bridgehead atoms. The molecule has 2 heterocycles. The summed E-state index contributed by atoms with van der Waals surface area (Å²) in [6.07, 6.45) is 0. The third kappa shape index (κ3) is 5.12. The number of methoxy groups -OCH3 is 1. The van der Waals surface area contributed by atoms with Crippen LogP contribution in [0.15, 0.2) is 57.5 Å². The lowest BCUT2D eigenvalue weighted by Gasteiger charge is -2.15. The summed E-state index contributed by atoms with van der Waals surface area (Å²) in [6.45, 7) is -0.0413. The van der Waals surface area contributed by atoms with Gasteiger partial charge in [-0.15, -0.1) is 11.3 Å². The van der Waals surface area contributed by atoms with E-state index in [-0.39, 0.29) is 22.9 Å². The molecule has 0 fully saturated rings. The van der Waals surface area contributed by atoms with E-state index >= 15 is 0 Å². The fourth-order valence-electron chi connectivity index (χ4n) is 2.52. The molecule has 0 atom stereocenters. The van der Waals surface area contributed by atoms with Crippen LogP contribution in [-0.2, 0) is 21.4 Å². The van der Waals surface area contributed by atoms with Gasteiger partial charge in [-0.2, -0.15) is 9.40 Å². The Morgan fingerprint density at radius 3 is 2.53 bits per heavy atom. The van der Waals surface area contributed by atoms with Gasteiger partial charge in [-0.3, -0.25) is 9.59 Å². The van der Waals surface area contributed by atoms with E-state index in [9.17, 15) is 18.0 Å². The first-order valence-electron chi connectivity index (χ1n) is 8.81. The maximum atomic E-state index is 12.8. The molecule has 0 aliphatic rings. The first-order valence-corrected chi connectivity index (χ1v) is 11.1. The van der Waals surface area contributed by atoms with Crippen LogP contribution in [0.5, 0.6) is 5.75 Å². The molecular formula is C19H20N4O5S2. The molecule has 1 aromatic carbocycles. The Labute approximate surface area is 177 Å². The van der Waals surface area contributed by atoms with Gasteiger partial charge in [-0.05, 0) is 35.9 Å². The Bertz CT molecular complexity index is 1170. The van der Waals surface area contributed by atoms with Gasteiger partial charge in [-0.1, -0.05) is 12.1 Å². The highest BCUT2D eigenvalue weighted by atomic mass is 32.2. The number of amides is 1. The van der Waals surface area contributed by atoms with Crippen molar-refractivity contribution >= 4 is 27.3 Å². The molecule has 0 aliphatic carbocycles. The van der Waals surface area contributed by atoms with Gasteiger partial charge in [0.05, 0.1) is 18.5 Å². The Hall–Kier alpha value is -3.02. The number of sulfonamides is 1. The van der Waals surface area contributed by atoms with E-state index in [0.717, 1.165) is 21.2 Å². The number of thiophene rings is 1. The van der Waals surface area contributed by atoms with E-state index in [1.165, 1.54) is 25.2 Å². The fraction of sp³-hybridized carbons (Fsp3) is 0.211. The number of aromatic nitrogens is 2. The summed E-state index contributed by atoms with van der Waals surface area (Å²) >= 11 is 1.01. The van der Waals surface area contributed by atoms with Gasteiger partial charge in [0.15, 0.2) is 0 Å². The summed E-state index contributed by atoms with van der Waals surface area (Å²) in [5.41, 5.74) is 0.982. The molecular weight excluding hydrogens is 428 g/mol. The Balaban J connectivity index is 1.62. The first kappa shape index (κ1) is 21.7. The third-order valence-electron chi connectivity index (χ3n) is 4.19. The molecule has 3 rings (SSSR count). The van der Waals surface area contributed by atoms with Crippen LogP contribution in [0.4, 0.5) is 0 Å².